The molecule has 18 heavy (non-hydrogen) atoms. The van der Waals surface area contributed by atoms with Crippen molar-refractivity contribution >= 4 is 22.4 Å². The van der Waals surface area contributed by atoms with Crippen LogP contribution in [0.15, 0.2) is 35.2 Å². The first-order chi connectivity index (χ1) is 8.10. The third kappa shape index (κ3) is 5.35. The Hall–Kier alpha value is -0.620. The van der Waals surface area contributed by atoms with Gasteiger partial charge in [-0.3, -0.25) is 0 Å². The maximum Gasteiger partial charge on any atom is 0.240 e. The fourth-order valence-corrected chi connectivity index (χ4v) is 2.87. The van der Waals surface area contributed by atoms with Gasteiger partial charge in [0.25, 0.3) is 0 Å². The van der Waals surface area contributed by atoms with Crippen LogP contribution in [-0.4, -0.2) is 21.0 Å². The lowest BCUT2D eigenvalue weighted by Gasteiger charge is -2.16. The van der Waals surface area contributed by atoms with E-state index < -0.39 is 10.0 Å². The summed E-state index contributed by atoms with van der Waals surface area (Å²) < 4.78 is 26.6. The van der Waals surface area contributed by atoms with E-state index in [2.05, 4.69) is 11.6 Å². The molecule has 3 N–H and O–H groups in total. The minimum Gasteiger partial charge on any atom is -0.329 e. The molecule has 0 aliphatic carbocycles. The lowest BCUT2D eigenvalue weighted by molar-refractivity contribution is 0.516. The Morgan fingerprint density at radius 1 is 1.28 bits per heavy atom. The number of hydrogen-bond acceptors (Lipinski definition) is 3. The molecule has 0 heterocycles. The van der Waals surface area contributed by atoms with Crippen molar-refractivity contribution in [2.24, 2.45) is 5.73 Å². The van der Waals surface area contributed by atoms with Crippen LogP contribution in [0, 0.1) is 0 Å². The Bertz CT molecular complexity index is 423. The van der Waals surface area contributed by atoms with Crippen molar-refractivity contribution in [1.29, 1.82) is 0 Å². The van der Waals surface area contributed by atoms with Crippen LogP contribution in [0.25, 0.3) is 0 Å². The van der Waals surface area contributed by atoms with Crippen LogP contribution in [0.4, 0.5) is 0 Å². The topological polar surface area (TPSA) is 72.2 Å². The van der Waals surface area contributed by atoms with Crippen molar-refractivity contribution in [3.63, 3.8) is 0 Å². The molecule has 0 radical (unpaired) electrons. The molecule has 0 spiro atoms. The second kappa shape index (κ2) is 8.48. The van der Waals surface area contributed by atoms with Gasteiger partial charge in [0, 0.05) is 12.6 Å². The number of sulfonamides is 1. The summed E-state index contributed by atoms with van der Waals surface area (Å²) in [6.45, 7) is 2.39. The molecule has 0 bridgehead atoms. The van der Waals surface area contributed by atoms with Crippen LogP contribution in [0.2, 0.25) is 0 Å². The number of unbranched alkanes of at least 4 members (excludes halogenated alkanes) is 1. The number of rotatable bonds is 7. The van der Waals surface area contributed by atoms with Crippen molar-refractivity contribution < 1.29 is 8.42 Å². The van der Waals surface area contributed by atoms with Crippen LogP contribution in [0.3, 0.4) is 0 Å². The quantitative estimate of drug-likeness (QED) is 0.806. The lowest BCUT2D eigenvalue weighted by Crippen LogP contribution is -2.40. The highest BCUT2D eigenvalue weighted by atomic mass is 35.5. The van der Waals surface area contributed by atoms with Gasteiger partial charge in [0.15, 0.2) is 0 Å². The number of nitrogens with one attached hydrogen (secondary N) is 1. The van der Waals surface area contributed by atoms with Gasteiger partial charge in [0.1, 0.15) is 0 Å². The first kappa shape index (κ1) is 17.4. The fraction of sp³-hybridized carbons (Fsp3) is 0.500. The molecule has 0 saturated carbocycles. The summed E-state index contributed by atoms with van der Waals surface area (Å²) in [5, 5.41) is 0. The van der Waals surface area contributed by atoms with Gasteiger partial charge >= 0.3 is 0 Å². The Labute approximate surface area is 115 Å². The number of benzene rings is 1. The minimum atomic E-state index is -3.43. The summed E-state index contributed by atoms with van der Waals surface area (Å²) in [6.07, 6.45) is 2.78. The summed E-state index contributed by atoms with van der Waals surface area (Å²) in [6, 6.07) is 8.18. The van der Waals surface area contributed by atoms with E-state index in [-0.39, 0.29) is 23.3 Å². The first-order valence-electron chi connectivity index (χ1n) is 5.87. The van der Waals surface area contributed by atoms with E-state index in [1.165, 1.54) is 0 Å². The normalized spacial score (nSPS) is 12.8. The van der Waals surface area contributed by atoms with Gasteiger partial charge in [-0.15, -0.1) is 12.4 Å². The van der Waals surface area contributed by atoms with Crippen molar-refractivity contribution in [1.82, 2.24) is 4.72 Å². The van der Waals surface area contributed by atoms with Gasteiger partial charge in [-0.05, 0) is 18.6 Å². The van der Waals surface area contributed by atoms with Crippen molar-refractivity contribution in [2.75, 3.05) is 6.54 Å². The largest absolute Gasteiger partial charge is 0.329 e. The maximum absolute atomic E-state index is 12.0. The van der Waals surface area contributed by atoms with E-state index in [0.717, 1.165) is 19.3 Å². The standard InChI is InChI=1S/C12H20N2O2S.ClH/c1-2-3-7-11(10-13)14-17(15,16)12-8-5-4-6-9-12;/h4-6,8-9,11,14H,2-3,7,10,13H2,1H3;1H. The first-order valence-corrected chi connectivity index (χ1v) is 7.36. The molecule has 6 heteroatoms. The van der Waals surface area contributed by atoms with E-state index in [4.69, 9.17) is 5.73 Å². The Kier molecular flexibility index (Phi) is 8.18. The van der Waals surface area contributed by atoms with Crippen LogP contribution in [0.1, 0.15) is 26.2 Å². The molecule has 1 aromatic rings. The molecule has 104 valence electrons. The molecule has 4 nitrogen and oxygen atoms in total. The smallest absolute Gasteiger partial charge is 0.240 e. The van der Waals surface area contributed by atoms with E-state index in [1.807, 2.05) is 0 Å². The molecule has 0 aliphatic heterocycles. The van der Waals surface area contributed by atoms with E-state index in [1.54, 1.807) is 30.3 Å². The third-order valence-corrected chi connectivity index (χ3v) is 4.10. The Morgan fingerprint density at radius 2 is 1.89 bits per heavy atom. The van der Waals surface area contributed by atoms with E-state index >= 15 is 0 Å². The highest BCUT2D eigenvalue weighted by Crippen LogP contribution is 2.09. The predicted octanol–water partition coefficient (Wildman–Crippen LogP) is 1.90. The third-order valence-electron chi connectivity index (χ3n) is 2.57. The number of nitrogens with two attached hydrogens (primary N) is 1. The van der Waals surface area contributed by atoms with Crippen molar-refractivity contribution in [3.05, 3.63) is 30.3 Å². The van der Waals surface area contributed by atoms with Crippen LogP contribution in [0.5, 0.6) is 0 Å². The molecule has 1 unspecified atom stereocenters. The highest BCUT2D eigenvalue weighted by Gasteiger charge is 2.18. The molecule has 1 atom stereocenters. The second-order valence-corrected chi connectivity index (χ2v) is 5.72. The highest BCUT2D eigenvalue weighted by molar-refractivity contribution is 7.89. The van der Waals surface area contributed by atoms with Gasteiger partial charge in [-0.2, -0.15) is 0 Å². The molecule has 0 aliphatic rings. The molecule has 0 saturated heterocycles. The van der Waals surface area contributed by atoms with Crippen molar-refractivity contribution in [3.8, 4) is 0 Å². The van der Waals surface area contributed by atoms with Gasteiger partial charge in [0.2, 0.25) is 10.0 Å². The summed E-state index contributed by atoms with van der Waals surface area (Å²) in [5.74, 6) is 0. The van der Waals surface area contributed by atoms with Crippen LogP contribution < -0.4 is 10.5 Å². The molecule has 1 rings (SSSR count). The zero-order valence-electron chi connectivity index (χ0n) is 10.5. The summed E-state index contributed by atoms with van der Waals surface area (Å²) in [5.41, 5.74) is 5.57. The van der Waals surface area contributed by atoms with E-state index in [0.29, 0.717) is 6.54 Å². The van der Waals surface area contributed by atoms with Gasteiger partial charge in [-0.25, -0.2) is 13.1 Å². The predicted molar refractivity (Wildman–Crippen MR) is 76.4 cm³/mol. The summed E-state index contributed by atoms with van der Waals surface area (Å²) in [7, 11) is -3.43. The minimum absolute atomic E-state index is 0. The van der Waals surface area contributed by atoms with Crippen LogP contribution >= 0.6 is 12.4 Å². The summed E-state index contributed by atoms with van der Waals surface area (Å²) >= 11 is 0. The van der Waals surface area contributed by atoms with E-state index in [9.17, 15) is 8.42 Å². The molecule has 0 amide bonds. The SMILES string of the molecule is CCCCC(CN)NS(=O)(=O)c1ccccc1.Cl. The fourth-order valence-electron chi connectivity index (χ4n) is 1.56. The Balaban J connectivity index is 0.00000289. The monoisotopic (exact) mass is 292 g/mol. The van der Waals surface area contributed by atoms with Gasteiger partial charge in [-0.1, -0.05) is 38.0 Å². The second-order valence-electron chi connectivity index (χ2n) is 4.01. The average molecular weight is 293 g/mol. The molecule has 0 fully saturated rings. The summed E-state index contributed by atoms with van der Waals surface area (Å²) in [4.78, 5) is 0.287. The Morgan fingerprint density at radius 3 is 2.39 bits per heavy atom. The van der Waals surface area contributed by atoms with Crippen molar-refractivity contribution in [2.45, 2.75) is 37.1 Å². The molecular weight excluding hydrogens is 272 g/mol. The zero-order valence-corrected chi connectivity index (χ0v) is 12.1. The average Bonchev–Trinajstić information content (AvgIpc) is 2.35. The molecule has 1 aromatic carbocycles. The van der Waals surface area contributed by atoms with Gasteiger partial charge < -0.3 is 5.73 Å². The number of hydrogen-bond donors (Lipinski definition) is 2. The lowest BCUT2D eigenvalue weighted by atomic mass is 10.1. The zero-order chi connectivity index (χ0) is 12.7. The van der Waals surface area contributed by atoms with Gasteiger partial charge in [0.05, 0.1) is 4.90 Å². The van der Waals surface area contributed by atoms with Crippen LogP contribution in [-0.2, 0) is 10.0 Å². The molecular formula is C12H21ClN2O2S. The molecule has 0 aromatic heterocycles. The maximum atomic E-state index is 12.0. The number of halogens is 1.